The van der Waals surface area contributed by atoms with Gasteiger partial charge in [0.25, 0.3) is 0 Å². The second kappa shape index (κ2) is 15.8. The minimum atomic E-state index is -1.01. The molecule has 0 fully saturated rings. The van der Waals surface area contributed by atoms with Gasteiger partial charge in [0.15, 0.2) is 0 Å². The van der Waals surface area contributed by atoms with Crippen LogP contribution in [0.2, 0.25) is 0 Å². The molecule has 37 heavy (non-hydrogen) atoms. The van der Waals surface area contributed by atoms with E-state index in [-0.39, 0.29) is 0 Å². The van der Waals surface area contributed by atoms with Crippen LogP contribution in [-0.4, -0.2) is 39.3 Å². The molecule has 1 N–H and O–H groups in total. The van der Waals surface area contributed by atoms with Crippen molar-refractivity contribution < 1.29 is 19.4 Å². The Morgan fingerprint density at radius 2 is 1.78 bits per heavy atom. The van der Waals surface area contributed by atoms with Gasteiger partial charge in [0.2, 0.25) is 0 Å². The van der Waals surface area contributed by atoms with E-state index >= 15 is 0 Å². The molecule has 2 aromatic heterocycles. The van der Waals surface area contributed by atoms with Gasteiger partial charge in [-0.3, -0.25) is 0 Å². The molecule has 0 atom stereocenters. The number of carboxylic acid groups (broad SMARTS) is 1. The lowest BCUT2D eigenvalue weighted by Gasteiger charge is -2.11. The summed E-state index contributed by atoms with van der Waals surface area (Å²) in [4.78, 5) is 20.0. The summed E-state index contributed by atoms with van der Waals surface area (Å²) in [6.45, 7) is 0.592. The molecule has 1 aromatic carbocycles. The van der Waals surface area contributed by atoms with Crippen LogP contribution in [0.5, 0.6) is 11.5 Å². The number of methoxy groups -OCH3 is 1. The Labute approximate surface area is 223 Å². The van der Waals surface area contributed by atoms with Crippen LogP contribution < -0.4 is 9.47 Å². The number of hydrogen-bond donors (Lipinski definition) is 1. The van der Waals surface area contributed by atoms with Crippen LogP contribution in [0.1, 0.15) is 61.3 Å². The van der Waals surface area contributed by atoms with Crippen LogP contribution >= 0.6 is 11.8 Å². The minimum absolute atomic E-state index is 0.552. The average Bonchev–Trinajstić information content (AvgIpc) is 3.32. The predicted octanol–water partition coefficient (Wildman–Crippen LogP) is 6.32. The van der Waals surface area contributed by atoms with Gasteiger partial charge in [-0.2, -0.15) is 0 Å². The molecule has 0 saturated carbocycles. The number of ether oxygens (including phenoxy) is 2. The highest BCUT2D eigenvalue weighted by Crippen LogP contribution is 2.23. The Morgan fingerprint density at radius 3 is 2.49 bits per heavy atom. The smallest absolute Gasteiger partial charge is 0.328 e. The van der Waals surface area contributed by atoms with Crippen molar-refractivity contribution in [3.8, 4) is 11.5 Å². The van der Waals surface area contributed by atoms with Crippen molar-refractivity contribution in [3.63, 3.8) is 0 Å². The number of carboxylic acids is 1. The zero-order valence-corrected chi connectivity index (χ0v) is 22.6. The van der Waals surface area contributed by atoms with Gasteiger partial charge in [-0.05, 0) is 55.2 Å². The molecule has 0 radical (unpaired) electrons. The lowest BCUT2D eigenvalue weighted by molar-refractivity contribution is -0.131. The van der Waals surface area contributed by atoms with Crippen molar-refractivity contribution in [3.05, 3.63) is 77.6 Å². The topological polar surface area (TPSA) is 86.5 Å². The van der Waals surface area contributed by atoms with Crippen LogP contribution in [-0.2, 0) is 29.8 Å². The number of hydrogen-bond acceptors (Lipinski definition) is 6. The van der Waals surface area contributed by atoms with Crippen molar-refractivity contribution >= 4 is 23.8 Å². The third kappa shape index (κ3) is 10.3. The fourth-order valence-corrected chi connectivity index (χ4v) is 4.80. The maximum Gasteiger partial charge on any atom is 0.328 e. The van der Waals surface area contributed by atoms with E-state index in [2.05, 4.69) is 22.1 Å². The van der Waals surface area contributed by atoms with Gasteiger partial charge in [0.1, 0.15) is 23.0 Å². The first-order valence-electron chi connectivity index (χ1n) is 12.8. The number of aliphatic carboxylic acids is 1. The highest BCUT2D eigenvalue weighted by Gasteiger charge is 2.07. The number of unbranched alkanes of at least 4 members (excludes halogenated alkanes) is 5. The van der Waals surface area contributed by atoms with E-state index in [1.165, 1.54) is 37.3 Å². The predicted molar refractivity (Wildman–Crippen MR) is 149 cm³/mol. The lowest BCUT2D eigenvalue weighted by atomic mass is 10.0. The van der Waals surface area contributed by atoms with Crippen molar-refractivity contribution in [1.82, 2.24) is 14.5 Å². The maximum atomic E-state index is 11.0. The molecule has 0 bridgehead atoms. The number of pyridine rings is 1. The van der Waals surface area contributed by atoms with Crippen LogP contribution in [0.3, 0.4) is 0 Å². The normalized spacial score (nSPS) is 11.2. The molecular weight excluding hydrogens is 486 g/mol. The molecule has 0 amide bonds. The van der Waals surface area contributed by atoms with Gasteiger partial charge < -0.3 is 19.1 Å². The summed E-state index contributed by atoms with van der Waals surface area (Å²) in [7, 11) is 3.67. The number of rotatable bonds is 17. The molecule has 3 aromatic rings. The molecule has 0 spiro atoms. The number of thioether (sulfide) groups is 1. The molecule has 0 saturated heterocycles. The zero-order valence-electron chi connectivity index (χ0n) is 21.8. The van der Waals surface area contributed by atoms with Crippen molar-refractivity contribution in [2.45, 2.75) is 56.5 Å². The van der Waals surface area contributed by atoms with E-state index in [1.807, 2.05) is 42.1 Å². The highest BCUT2D eigenvalue weighted by molar-refractivity contribution is 7.97. The molecule has 2 heterocycles. The van der Waals surface area contributed by atoms with Gasteiger partial charge in [-0.15, -0.1) is 11.8 Å². The largest absolute Gasteiger partial charge is 0.497 e. The van der Waals surface area contributed by atoms with Crippen molar-refractivity contribution in [2.75, 3.05) is 13.7 Å². The highest BCUT2D eigenvalue weighted by atomic mass is 32.2. The SMILES string of the molecule is COc1ccc(CCCCCCCCOc2ccc(CSCc3nccn3C)nc2C=CC(=O)O)cc1. The average molecular weight is 524 g/mol. The number of benzene rings is 1. The van der Waals surface area contributed by atoms with E-state index in [0.29, 0.717) is 23.8 Å². The monoisotopic (exact) mass is 523 g/mol. The molecule has 7 nitrogen and oxygen atoms in total. The quantitative estimate of drug-likeness (QED) is 0.164. The molecule has 198 valence electrons. The molecule has 8 heteroatoms. The van der Waals surface area contributed by atoms with Gasteiger partial charge in [-0.1, -0.05) is 37.8 Å². The first-order valence-corrected chi connectivity index (χ1v) is 13.9. The van der Waals surface area contributed by atoms with Crippen LogP contribution in [0.4, 0.5) is 0 Å². The Hall–Kier alpha value is -3.26. The summed E-state index contributed by atoms with van der Waals surface area (Å²) < 4.78 is 13.2. The molecule has 0 aliphatic rings. The third-order valence-corrected chi connectivity index (χ3v) is 6.97. The molecule has 0 aliphatic heterocycles. The second-order valence-electron chi connectivity index (χ2n) is 8.87. The molecule has 0 aliphatic carbocycles. The minimum Gasteiger partial charge on any atom is -0.497 e. The Bertz CT molecular complexity index is 1130. The third-order valence-electron chi connectivity index (χ3n) is 6.01. The van der Waals surface area contributed by atoms with Gasteiger partial charge >= 0.3 is 5.97 Å². The van der Waals surface area contributed by atoms with E-state index in [0.717, 1.165) is 48.4 Å². The van der Waals surface area contributed by atoms with Gasteiger partial charge in [0.05, 0.1) is 25.2 Å². The second-order valence-corrected chi connectivity index (χ2v) is 9.86. The standard InChI is InChI=1S/C29H37N3O4S/c1-32-19-18-30-28(32)22-37-21-24-12-16-27(26(31-24)15-17-29(33)34)36-20-8-6-4-3-5-7-9-23-10-13-25(35-2)14-11-23/h10-19H,3-9,20-22H2,1-2H3,(H,33,34). The van der Waals surface area contributed by atoms with Gasteiger partial charge in [0, 0.05) is 31.3 Å². The maximum absolute atomic E-state index is 11.0. The summed E-state index contributed by atoms with van der Waals surface area (Å²) in [5.41, 5.74) is 2.79. The molecule has 3 rings (SSSR count). The molecular formula is C29H37N3O4S. The van der Waals surface area contributed by atoms with E-state index < -0.39 is 5.97 Å². The fraction of sp³-hybridized carbons (Fsp3) is 0.414. The summed E-state index contributed by atoms with van der Waals surface area (Å²) in [5.74, 6) is 3.01. The summed E-state index contributed by atoms with van der Waals surface area (Å²) in [5, 5.41) is 9.05. The number of nitrogens with zero attached hydrogens (tertiary/aromatic N) is 3. The summed E-state index contributed by atoms with van der Waals surface area (Å²) >= 11 is 1.72. The number of imidazole rings is 1. The van der Waals surface area contributed by atoms with Crippen LogP contribution in [0.15, 0.2) is 54.9 Å². The van der Waals surface area contributed by atoms with Crippen molar-refractivity contribution in [1.29, 1.82) is 0 Å². The van der Waals surface area contributed by atoms with Crippen LogP contribution in [0.25, 0.3) is 6.08 Å². The Kier molecular flexibility index (Phi) is 12.1. The molecule has 0 unspecified atom stereocenters. The number of carbonyl (C=O) groups is 1. The van der Waals surface area contributed by atoms with Crippen molar-refractivity contribution in [2.24, 2.45) is 7.05 Å². The number of aryl methyl sites for hydroxylation is 2. The van der Waals surface area contributed by atoms with E-state index in [4.69, 9.17) is 14.6 Å². The summed E-state index contributed by atoms with van der Waals surface area (Å²) in [6.07, 6.45) is 14.3. The van der Waals surface area contributed by atoms with E-state index in [9.17, 15) is 4.79 Å². The first kappa shape index (κ1) is 28.3. The van der Waals surface area contributed by atoms with Gasteiger partial charge in [-0.25, -0.2) is 14.8 Å². The number of aromatic nitrogens is 3. The first-order chi connectivity index (χ1) is 18.0. The Balaban J connectivity index is 1.36. The fourth-order valence-electron chi connectivity index (χ4n) is 3.87. The van der Waals surface area contributed by atoms with Crippen LogP contribution in [0, 0.1) is 0 Å². The van der Waals surface area contributed by atoms with E-state index in [1.54, 1.807) is 25.1 Å². The Morgan fingerprint density at radius 1 is 1.03 bits per heavy atom. The summed E-state index contributed by atoms with van der Waals surface area (Å²) in [6, 6.07) is 12.1. The lowest BCUT2D eigenvalue weighted by Crippen LogP contribution is -2.02. The zero-order chi connectivity index (χ0) is 26.3.